The number of amides is 1. The van der Waals surface area contributed by atoms with Gasteiger partial charge in [0, 0.05) is 38.0 Å². The quantitative estimate of drug-likeness (QED) is 0.849. The largest absolute Gasteiger partial charge is 0.463 e. The van der Waals surface area contributed by atoms with E-state index in [1.807, 2.05) is 22.4 Å². The van der Waals surface area contributed by atoms with Crippen molar-refractivity contribution in [3.05, 3.63) is 28.8 Å². The van der Waals surface area contributed by atoms with Gasteiger partial charge in [0.1, 0.15) is 10.7 Å². The third-order valence-corrected chi connectivity index (χ3v) is 4.92. The van der Waals surface area contributed by atoms with Gasteiger partial charge in [0.25, 0.3) is 0 Å². The van der Waals surface area contributed by atoms with Gasteiger partial charge >= 0.3 is 0 Å². The molecule has 0 aliphatic carbocycles. The molecule has 3 rings (SSSR count). The van der Waals surface area contributed by atoms with E-state index in [1.165, 1.54) is 0 Å². The summed E-state index contributed by atoms with van der Waals surface area (Å²) in [7, 11) is 0. The Labute approximate surface area is 147 Å². The highest BCUT2D eigenvalue weighted by atomic mass is 32.1. The number of rotatable bonds is 4. The van der Waals surface area contributed by atoms with Crippen LogP contribution in [0.5, 0.6) is 0 Å². The molecule has 0 spiro atoms. The van der Waals surface area contributed by atoms with Crippen molar-refractivity contribution in [1.29, 1.82) is 0 Å². The van der Waals surface area contributed by atoms with Crippen molar-refractivity contribution in [3.8, 4) is 11.5 Å². The number of carbonyl (C=O) groups is 1. The molecular formula is C18H25N3O2S. The fourth-order valence-electron chi connectivity index (χ4n) is 2.83. The maximum Gasteiger partial charge on any atom is 0.223 e. The molecule has 2 aromatic heterocycles. The van der Waals surface area contributed by atoms with Crippen LogP contribution in [0.1, 0.15) is 32.2 Å². The zero-order valence-corrected chi connectivity index (χ0v) is 15.4. The number of thiazole rings is 1. The lowest BCUT2D eigenvalue weighted by Crippen LogP contribution is -2.48. The molecule has 3 heterocycles. The fraction of sp³-hybridized carbons (Fsp3) is 0.556. The van der Waals surface area contributed by atoms with Crippen molar-refractivity contribution in [3.63, 3.8) is 0 Å². The molecule has 1 saturated heterocycles. The van der Waals surface area contributed by atoms with Crippen molar-refractivity contribution in [2.45, 2.75) is 33.7 Å². The summed E-state index contributed by atoms with van der Waals surface area (Å²) in [6.45, 7) is 10.6. The van der Waals surface area contributed by atoms with E-state index >= 15 is 0 Å². The first kappa shape index (κ1) is 17.2. The summed E-state index contributed by atoms with van der Waals surface area (Å²) in [6, 6.07) is 3.81. The van der Waals surface area contributed by atoms with E-state index in [9.17, 15) is 4.79 Å². The van der Waals surface area contributed by atoms with Crippen molar-refractivity contribution in [2.75, 3.05) is 26.2 Å². The minimum absolute atomic E-state index is 0.0529. The van der Waals surface area contributed by atoms with Gasteiger partial charge < -0.3 is 9.32 Å². The van der Waals surface area contributed by atoms with Gasteiger partial charge in [-0.2, -0.15) is 0 Å². The van der Waals surface area contributed by atoms with E-state index in [1.54, 1.807) is 17.6 Å². The molecule has 0 radical (unpaired) electrons. The van der Waals surface area contributed by atoms with Gasteiger partial charge in [0.2, 0.25) is 5.91 Å². The van der Waals surface area contributed by atoms with Crippen LogP contribution >= 0.6 is 11.3 Å². The van der Waals surface area contributed by atoms with Crippen LogP contribution in [0.15, 0.2) is 28.2 Å². The highest BCUT2D eigenvalue weighted by molar-refractivity contribution is 7.09. The van der Waals surface area contributed by atoms with Crippen LogP contribution in [0.2, 0.25) is 0 Å². The number of carbonyl (C=O) groups excluding carboxylic acids is 1. The van der Waals surface area contributed by atoms with Gasteiger partial charge in [0.05, 0.1) is 12.8 Å². The average molecular weight is 347 g/mol. The molecule has 1 amide bonds. The molecule has 5 nitrogen and oxygen atoms in total. The smallest absolute Gasteiger partial charge is 0.223 e. The summed E-state index contributed by atoms with van der Waals surface area (Å²) in [4.78, 5) is 21.3. The molecule has 6 heteroatoms. The van der Waals surface area contributed by atoms with E-state index in [-0.39, 0.29) is 11.3 Å². The second kappa shape index (κ2) is 7.07. The predicted molar refractivity (Wildman–Crippen MR) is 95.7 cm³/mol. The third kappa shape index (κ3) is 4.45. The number of hydrogen-bond donors (Lipinski definition) is 0. The lowest BCUT2D eigenvalue weighted by molar-refractivity contribution is -0.134. The van der Waals surface area contributed by atoms with Crippen LogP contribution in [-0.4, -0.2) is 46.9 Å². The third-order valence-electron chi connectivity index (χ3n) is 4.09. The number of hydrogen-bond acceptors (Lipinski definition) is 5. The van der Waals surface area contributed by atoms with Crippen LogP contribution in [0.25, 0.3) is 11.5 Å². The normalized spacial score (nSPS) is 16.5. The maximum atomic E-state index is 12.3. The van der Waals surface area contributed by atoms with Crippen LogP contribution in [0.3, 0.4) is 0 Å². The Morgan fingerprint density at radius 1 is 1.29 bits per heavy atom. The molecule has 0 unspecified atom stereocenters. The van der Waals surface area contributed by atoms with Crippen LogP contribution in [0, 0.1) is 5.41 Å². The predicted octanol–water partition coefficient (Wildman–Crippen LogP) is 3.48. The minimum atomic E-state index is 0.0529. The number of aromatic nitrogens is 1. The van der Waals surface area contributed by atoms with Gasteiger partial charge in [0.15, 0.2) is 5.76 Å². The topological polar surface area (TPSA) is 49.6 Å². The molecular weight excluding hydrogens is 322 g/mol. The Kier molecular flexibility index (Phi) is 5.06. The van der Waals surface area contributed by atoms with E-state index in [0.717, 1.165) is 49.2 Å². The summed E-state index contributed by atoms with van der Waals surface area (Å²) in [5.41, 5.74) is 0.955. The van der Waals surface area contributed by atoms with Crippen molar-refractivity contribution >= 4 is 17.2 Å². The Morgan fingerprint density at radius 3 is 2.67 bits per heavy atom. The van der Waals surface area contributed by atoms with E-state index in [2.05, 4.69) is 30.7 Å². The average Bonchev–Trinajstić information content (AvgIpc) is 3.16. The van der Waals surface area contributed by atoms with Gasteiger partial charge in [-0.15, -0.1) is 11.3 Å². The summed E-state index contributed by atoms with van der Waals surface area (Å²) in [5, 5.41) is 3.13. The van der Waals surface area contributed by atoms with E-state index in [4.69, 9.17) is 4.42 Å². The zero-order valence-electron chi connectivity index (χ0n) is 14.6. The number of nitrogens with zero attached hydrogens (tertiary/aromatic N) is 3. The fourth-order valence-corrected chi connectivity index (χ4v) is 3.66. The molecule has 0 atom stereocenters. The minimum Gasteiger partial charge on any atom is -0.463 e. The van der Waals surface area contributed by atoms with Gasteiger partial charge in [-0.25, -0.2) is 4.98 Å². The highest BCUT2D eigenvalue weighted by Gasteiger charge is 2.25. The van der Waals surface area contributed by atoms with Crippen molar-refractivity contribution in [1.82, 2.24) is 14.8 Å². The van der Waals surface area contributed by atoms with Crippen molar-refractivity contribution < 1.29 is 9.21 Å². The summed E-state index contributed by atoms with van der Waals surface area (Å²) in [5.74, 6) is 1.09. The molecule has 1 aliphatic heterocycles. The molecule has 0 saturated carbocycles. The molecule has 2 aromatic rings. The lowest BCUT2D eigenvalue weighted by Gasteiger charge is -2.35. The first-order valence-corrected chi connectivity index (χ1v) is 9.27. The molecule has 1 fully saturated rings. The molecule has 24 heavy (non-hydrogen) atoms. The monoisotopic (exact) mass is 347 g/mol. The SMILES string of the molecule is CC(C)(C)CC(=O)N1CCN(Cc2nc(-c3ccco3)cs2)CC1. The van der Waals surface area contributed by atoms with Gasteiger partial charge in [-0.05, 0) is 17.5 Å². The zero-order chi connectivity index (χ0) is 17.2. The summed E-state index contributed by atoms with van der Waals surface area (Å²) in [6.07, 6.45) is 2.29. The van der Waals surface area contributed by atoms with Gasteiger partial charge in [-0.3, -0.25) is 9.69 Å². The van der Waals surface area contributed by atoms with Crippen LogP contribution < -0.4 is 0 Å². The number of piperazine rings is 1. The van der Waals surface area contributed by atoms with Crippen LogP contribution in [-0.2, 0) is 11.3 Å². The molecule has 1 aliphatic rings. The van der Waals surface area contributed by atoms with E-state index in [0.29, 0.717) is 6.42 Å². The Balaban J connectivity index is 1.50. The van der Waals surface area contributed by atoms with Crippen molar-refractivity contribution in [2.24, 2.45) is 5.41 Å². The lowest BCUT2D eigenvalue weighted by atomic mass is 9.91. The van der Waals surface area contributed by atoms with E-state index < -0.39 is 0 Å². The van der Waals surface area contributed by atoms with Gasteiger partial charge in [-0.1, -0.05) is 20.8 Å². The number of furan rings is 1. The molecule has 0 aromatic carbocycles. The second-order valence-corrected chi connectivity index (χ2v) is 8.44. The maximum absolute atomic E-state index is 12.3. The highest BCUT2D eigenvalue weighted by Crippen LogP contribution is 2.24. The molecule has 0 bridgehead atoms. The Hall–Kier alpha value is -1.66. The summed E-state index contributed by atoms with van der Waals surface area (Å²) < 4.78 is 5.39. The standard InChI is InChI=1S/C18H25N3O2S/c1-18(2,3)11-17(22)21-8-6-20(7-9-21)12-16-19-14(13-24-16)15-5-4-10-23-15/h4-5,10,13H,6-9,11-12H2,1-3H3. The first-order valence-electron chi connectivity index (χ1n) is 8.39. The Bertz CT molecular complexity index is 665. The molecule has 130 valence electrons. The first-order chi connectivity index (χ1) is 11.4. The summed E-state index contributed by atoms with van der Waals surface area (Å²) >= 11 is 1.66. The second-order valence-electron chi connectivity index (χ2n) is 7.50. The van der Waals surface area contributed by atoms with Crippen LogP contribution in [0.4, 0.5) is 0 Å². The Morgan fingerprint density at radius 2 is 2.04 bits per heavy atom. The molecule has 0 N–H and O–H groups in total.